The largest absolute Gasteiger partial charge is 0.342 e. The van der Waals surface area contributed by atoms with Gasteiger partial charge in [0.15, 0.2) is 0 Å². The molecule has 0 radical (unpaired) electrons. The summed E-state index contributed by atoms with van der Waals surface area (Å²) >= 11 is 0. The summed E-state index contributed by atoms with van der Waals surface area (Å²) in [5, 5.41) is 8.70. The predicted molar refractivity (Wildman–Crippen MR) is 69.6 cm³/mol. The third kappa shape index (κ3) is 3.56. The van der Waals surface area contributed by atoms with Crippen molar-refractivity contribution in [2.45, 2.75) is 25.4 Å². The molecule has 8 heteroatoms. The van der Waals surface area contributed by atoms with Crippen molar-refractivity contribution in [2.24, 2.45) is 0 Å². The van der Waals surface area contributed by atoms with Gasteiger partial charge in [0.2, 0.25) is 11.8 Å². The summed E-state index contributed by atoms with van der Waals surface area (Å²) in [7, 11) is 1.66. The van der Waals surface area contributed by atoms with Gasteiger partial charge in [-0.05, 0) is 12.5 Å². The Labute approximate surface area is 116 Å². The van der Waals surface area contributed by atoms with Crippen LogP contribution in [0, 0.1) is 0 Å². The highest BCUT2D eigenvalue weighted by Gasteiger charge is 2.27. The number of hydrogen-bond acceptors (Lipinski definition) is 4. The van der Waals surface area contributed by atoms with Gasteiger partial charge < -0.3 is 10.2 Å². The number of carbonyl (C=O) groups excluding carboxylic acids is 3. The van der Waals surface area contributed by atoms with Crippen LogP contribution < -0.4 is 10.6 Å². The molecule has 0 spiro atoms. The highest BCUT2D eigenvalue weighted by molar-refractivity contribution is 5.98. The SMILES string of the molecule is CN(CCn1cccn1)C(=O)C1CCC(=O)NC(=O)N1. The molecule has 1 fully saturated rings. The Bertz CT molecular complexity index is 499. The van der Waals surface area contributed by atoms with E-state index in [9.17, 15) is 14.4 Å². The molecule has 1 aliphatic rings. The minimum absolute atomic E-state index is 0.155. The summed E-state index contributed by atoms with van der Waals surface area (Å²) in [5.41, 5.74) is 0. The number of likely N-dealkylation sites (N-methyl/N-ethyl adjacent to an activating group) is 1. The van der Waals surface area contributed by atoms with Gasteiger partial charge in [-0.1, -0.05) is 0 Å². The lowest BCUT2D eigenvalue weighted by Crippen LogP contribution is -2.49. The van der Waals surface area contributed by atoms with Crippen molar-refractivity contribution >= 4 is 17.8 Å². The van der Waals surface area contributed by atoms with Crippen molar-refractivity contribution in [3.8, 4) is 0 Å². The van der Waals surface area contributed by atoms with Crippen molar-refractivity contribution in [3.63, 3.8) is 0 Å². The lowest BCUT2D eigenvalue weighted by atomic mass is 10.1. The second kappa shape index (κ2) is 6.18. The molecule has 0 bridgehead atoms. The zero-order chi connectivity index (χ0) is 14.5. The number of amides is 4. The first-order valence-corrected chi connectivity index (χ1v) is 6.39. The van der Waals surface area contributed by atoms with Crippen LogP contribution in [0.2, 0.25) is 0 Å². The van der Waals surface area contributed by atoms with Gasteiger partial charge in [0.25, 0.3) is 0 Å². The molecule has 2 heterocycles. The van der Waals surface area contributed by atoms with E-state index in [-0.39, 0.29) is 18.2 Å². The topological polar surface area (TPSA) is 96.3 Å². The first-order valence-electron chi connectivity index (χ1n) is 6.39. The Hall–Kier alpha value is -2.38. The number of hydrogen-bond donors (Lipinski definition) is 2. The number of rotatable bonds is 4. The average molecular weight is 279 g/mol. The third-order valence-corrected chi connectivity index (χ3v) is 3.12. The lowest BCUT2D eigenvalue weighted by Gasteiger charge is -2.22. The Kier molecular flexibility index (Phi) is 4.34. The molecule has 1 aromatic rings. The zero-order valence-corrected chi connectivity index (χ0v) is 11.2. The number of aromatic nitrogens is 2. The molecule has 2 rings (SSSR count). The number of imide groups is 1. The Morgan fingerprint density at radius 1 is 1.55 bits per heavy atom. The van der Waals surface area contributed by atoms with E-state index in [4.69, 9.17) is 0 Å². The lowest BCUT2D eigenvalue weighted by molar-refractivity contribution is -0.132. The van der Waals surface area contributed by atoms with E-state index in [0.717, 1.165) is 0 Å². The molecule has 108 valence electrons. The molecule has 1 aromatic heterocycles. The molecule has 1 aliphatic heterocycles. The van der Waals surface area contributed by atoms with E-state index < -0.39 is 12.1 Å². The van der Waals surface area contributed by atoms with Crippen LogP contribution in [-0.4, -0.2) is 52.2 Å². The fraction of sp³-hybridized carbons (Fsp3) is 0.500. The highest BCUT2D eigenvalue weighted by Crippen LogP contribution is 2.05. The number of nitrogens with zero attached hydrogens (tertiary/aromatic N) is 3. The standard InChI is InChI=1S/C12H17N5O3/c1-16(7-8-17-6-2-5-13-17)11(19)9-3-4-10(18)15-12(20)14-9/h2,5-6,9H,3-4,7-8H2,1H3,(H2,14,15,18,20). The minimum Gasteiger partial charge on any atom is -0.342 e. The van der Waals surface area contributed by atoms with E-state index in [1.165, 1.54) is 4.90 Å². The molecule has 1 atom stereocenters. The van der Waals surface area contributed by atoms with Gasteiger partial charge in [-0.3, -0.25) is 19.6 Å². The van der Waals surface area contributed by atoms with Crippen LogP contribution in [0.25, 0.3) is 0 Å². The van der Waals surface area contributed by atoms with Crippen LogP contribution in [0.3, 0.4) is 0 Å². The van der Waals surface area contributed by atoms with Crippen LogP contribution in [0.1, 0.15) is 12.8 Å². The van der Waals surface area contributed by atoms with E-state index in [0.29, 0.717) is 19.5 Å². The van der Waals surface area contributed by atoms with Crippen molar-refractivity contribution in [1.29, 1.82) is 0 Å². The molecule has 1 unspecified atom stereocenters. The highest BCUT2D eigenvalue weighted by atomic mass is 16.2. The molecule has 2 N–H and O–H groups in total. The van der Waals surface area contributed by atoms with E-state index in [1.54, 1.807) is 17.9 Å². The van der Waals surface area contributed by atoms with Gasteiger partial charge in [0.05, 0.1) is 6.54 Å². The first kappa shape index (κ1) is 14.0. The number of urea groups is 1. The second-order valence-corrected chi connectivity index (χ2v) is 4.64. The Morgan fingerprint density at radius 3 is 3.05 bits per heavy atom. The van der Waals surface area contributed by atoms with Crippen molar-refractivity contribution in [2.75, 3.05) is 13.6 Å². The second-order valence-electron chi connectivity index (χ2n) is 4.64. The monoisotopic (exact) mass is 279 g/mol. The fourth-order valence-corrected chi connectivity index (χ4v) is 1.98. The molecular formula is C12H17N5O3. The van der Waals surface area contributed by atoms with Crippen LogP contribution in [0.15, 0.2) is 18.5 Å². The quantitative estimate of drug-likeness (QED) is 0.764. The van der Waals surface area contributed by atoms with Gasteiger partial charge >= 0.3 is 6.03 Å². The maximum Gasteiger partial charge on any atom is 0.322 e. The molecule has 8 nitrogen and oxygen atoms in total. The summed E-state index contributed by atoms with van der Waals surface area (Å²) in [6, 6.07) is 0.528. The summed E-state index contributed by atoms with van der Waals surface area (Å²) in [6.45, 7) is 1.06. The van der Waals surface area contributed by atoms with Crippen LogP contribution in [0.4, 0.5) is 4.79 Å². The molecule has 20 heavy (non-hydrogen) atoms. The Balaban J connectivity index is 1.88. The number of carbonyl (C=O) groups is 3. The zero-order valence-electron chi connectivity index (χ0n) is 11.2. The first-order chi connectivity index (χ1) is 9.56. The van der Waals surface area contributed by atoms with Crippen molar-refractivity contribution in [1.82, 2.24) is 25.3 Å². The predicted octanol–water partition coefficient (Wildman–Crippen LogP) is -0.670. The van der Waals surface area contributed by atoms with Gasteiger partial charge in [-0.25, -0.2) is 4.79 Å². The summed E-state index contributed by atoms with van der Waals surface area (Å²) in [6.07, 6.45) is 3.95. The van der Waals surface area contributed by atoms with E-state index in [1.807, 2.05) is 12.3 Å². The molecule has 0 aromatic carbocycles. The van der Waals surface area contributed by atoms with Gasteiger partial charge in [-0.2, -0.15) is 5.10 Å². The van der Waals surface area contributed by atoms with E-state index >= 15 is 0 Å². The maximum atomic E-state index is 12.2. The molecule has 0 aliphatic carbocycles. The number of nitrogens with one attached hydrogen (secondary N) is 2. The third-order valence-electron chi connectivity index (χ3n) is 3.12. The smallest absolute Gasteiger partial charge is 0.322 e. The van der Waals surface area contributed by atoms with Crippen LogP contribution in [0.5, 0.6) is 0 Å². The van der Waals surface area contributed by atoms with Crippen LogP contribution in [-0.2, 0) is 16.1 Å². The molecule has 1 saturated heterocycles. The normalized spacial score (nSPS) is 18.9. The van der Waals surface area contributed by atoms with Gasteiger partial charge in [0, 0.05) is 32.4 Å². The fourth-order valence-electron chi connectivity index (χ4n) is 1.98. The Morgan fingerprint density at radius 2 is 2.35 bits per heavy atom. The molecule has 0 saturated carbocycles. The van der Waals surface area contributed by atoms with Crippen molar-refractivity contribution < 1.29 is 14.4 Å². The van der Waals surface area contributed by atoms with Crippen LogP contribution >= 0.6 is 0 Å². The molecular weight excluding hydrogens is 262 g/mol. The van der Waals surface area contributed by atoms with Gasteiger partial charge in [0.1, 0.15) is 6.04 Å². The summed E-state index contributed by atoms with van der Waals surface area (Å²) in [5.74, 6) is -0.570. The van der Waals surface area contributed by atoms with Crippen molar-refractivity contribution in [3.05, 3.63) is 18.5 Å². The van der Waals surface area contributed by atoms with E-state index in [2.05, 4.69) is 15.7 Å². The molecule has 4 amide bonds. The summed E-state index contributed by atoms with van der Waals surface area (Å²) in [4.78, 5) is 36.3. The average Bonchev–Trinajstić information content (AvgIpc) is 2.87. The van der Waals surface area contributed by atoms with Gasteiger partial charge in [-0.15, -0.1) is 0 Å². The maximum absolute atomic E-state index is 12.2. The summed E-state index contributed by atoms with van der Waals surface area (Å²) < 4.78 is 1.72. The minimum atomic E-state index is -0.663.